The summed E-state index contributed by atoms with van der Waals surface area (Å²) in [6.07, 6.45) is 3.97. The van der Waals surface area contributed by atoms with E-state index in [1.165, 1.54) is 11.6 Å². The van der Waals surface area contributed by atoms with Crippen molar-refractivity contribution in [2.45, 2.75) is 32.6 Å². The number of aromatic amines is 1. The zero-order valence-corrected chi connectivity index (χ0v) is 19.3. The molecule has 2 N–H and O–H groups in total. The average molecular weight is 446 g/mol. The number of carbonyl (C=O) groups excluding carboxylic acids is 1. The number of aromatic nitrogens is 3. The highest BCUT2D eigenvalue weighted by molar-refractivity contribution is 6.09. The van der Waals surface area contributed by atoms with Crippen molar-refractivity contribution in [2.75, 3.05) is 27.2 Å². The van der Waals surface area contributed by atoms with Gasteiger partial charge in [-0.3, -0.25) is 9.89 Å². The molecule has 170 valence electrons. The van der Waals surface area contributed by atoms with Gasteiger partial charge in [0.15, 0.2) is 0 Å². The van der Waals surface area contributed by atoms with Crippen LogP contribution in [0.1, 0.15) is 40.0 Å². The van der Waals surface area contributed by atoms with Gasteiger partial charge in [0.2, 0.25) is 0 Å². The number of likely N-dealkylation sites (N-methyl/N-ethyl adjacent to an activating group) is 1. The Kier molecular flexibility index (Phi) is 5.58. The molecule has 1 aliphatic rings. The highest BCUT2D eigenvalue weighted by atomic mass is 19.1. The Morgan fingerprint density at radius 2 is 1.85 bits per heavy atom. The molecular formula is C26H28FN5O. The number of aryl methyl sites for hydroxylation is 2. The summed E-state index contributed by atoms with van der Waals surface area (Å²) in [6, 6.07) is 8.64. The van der Waals surface area contributed by atoms with Crippen molar-refractivity contribution in [1.29, 1.82) is 0 Å². The van der Waals surface area contributed by atoms with Crippen molar-refractivity contribution in [3.8, 4) is 11.3 Å². The molecular weight excluding hydrogens is 417 g/mol. The van der Waals surface area contributed by atoms with Crippen molar-refractivity contribution in [2.24, 2.45) is 0 Å². The van der Waals surface area contributed by atoms with Crippen LogP contribution in [0.25, 0.3) is 33.1 Å². The zero-order valence-electron chi connectivity index (χ0n) is 19.3. The van der Waals surface area contributed by atoms with Crippen LogP contribution in [-0.4, -0.2) is 53.2 Å². The quantitative estimate of drug-likeness (QED) is 0.478. The number of fused-ring (bicyclic) bond motifs is 5. The van der Waals surface area contributed by atoms with Crippen LogP contribution in [0.5, 0.6) is 0 Å². The van der Waals surface area contributed by atoms with Gasteiger partial charge in [0.05, 0.1) is 16.7 Å². The lowest BCUT2D eigenvalue weighted by Gasteiger charge is -2.22. The Bertz CT molecular complexity index is 1370. The standard InChI is InChI=1S/C26H28FN5O/c1-15-23-22(31-30-15)11-10-21-24(23)17-6-4-5-7-18(17)25(29-21)19-9-8-16(14-20(19)27)26(33)28-12-13-32(2)3/h8-11,14H,4-7,12-13H2,1-3H3,(H,28,33)(H,30,31). The van der Waals surface area contributed by atoms with E-state index in [1.807, 2.05) is 38.1 Å². The van der Waals surface area contributed by atoms with Gasteiger partial charge in [0.1, 0.15) is 5.82 Å². The van der Waals surface area contributed by atoms with Crippen LogP contribution in [0.3, 0.4) is 0 Å². The Morgan fingerprint density at radius 1 is 1.09 bits per heavy atom. The molecule has 0 saturated carbocycles. The molecule has 2 aromatic heterocycles. The first-order valence-corrected chi connectivity index (χ1v) is 11.5. The molecule has 33 heavy (non-hydrogen) atoms. The largest absolute Gasteiger partial charge is 0.351 e. The fraction of sp³-hybridized carbons (Fsp3) is 0.346. The first kappa shape index (κ1) is 21.5. The van der Waals surface area contributed by atoms with E-state index in [9.17, 15) is 4.79 Å². The van der Waals surface area contributed by atoms with Gasteiger partial charge in [-0.15, -0.1) is 0 Å². The van der Waals surface area contributed by atoms with Crippen molar-refractivity contribution in [3.05, 3.63) is 58.5 Å². The van der Waals surface area contributed by atoms with E-state index in [2.05, 4.69) is 15.5 Å². The molecule has 1 amide bonds. The summed E-state index contributed by atoms with van der Waals surface area (Å²) >= 11 is 0. The topological polar surface area (TPSA) is 73.9 Å². The van der Waals surface area contributed by atoms with E-state index < -0.39 is 5.82 Å². The normalized spacial score (nSPS) is 13.6. The van der Waals surface area contributed by atoms with Gasteiger partial charge in [0.25, 0.3) is 5.91 Å². The second kappa shape index (κ2) is 8.56. The molecule has 0 fully saturated rings. The summed E-state index contributed by atoms with van der Waals surface area (Å²) in [6.45, 7) is 3.26. The average Bonchev–Trinajstić information content (AvgIpc) is 3.19. The third-order valence-electron chi connectivity index (χ3n) is 6.50. The number of H-pyrrole nitrogens is 1. The van der Waals surface area contributed by atoms with Crippen LogP contribution in [0.4, 0.5) is 4.39 Å². The minimum Gasteiger partial charge on any atom is -0.351 e. The van der Waals surface area contributed by atoms with Crippen LogP contribution >= 0.6 is 0 Å². The Balaban J connectivity index is 1.60. The van der Waals surface area contributed by atoms with E-state index in [1.54, 1.807) is 12.1 Å². The predicted octanol–water partition coefficient (Wildman–Crippen LogP) is 4.40. The summed E-state index contributed by atoms with van der Waals surface area (Å²) in [5.74, 6) is -0.691. The number of nitrogens with one attached hydrogen (secondary N) is 2. The van der Waals surface area contributed by atoms with Crippen molar-refractivity contribution in [3.63, 3.8) is 0 Å². The van der Waals surface area contributed by atoms with E-state index in [4.69, 9.17) is 4.98 Å². The maximum absolute atomic E-state index is 15.3. The smallest absolute Gasteiger partial charge is 0.251 e. The minimum absolute atomic E-state index is 0.270. The highest BCUT2D eigenvalue weighted by Crippen LogP contribution is 2.39. The number of carbonyl (C=O) groups is 1. The molecule has 0 saturated heterocycles. The van der Waals surface area contributed by atoms with Gasteiger partial charge < -0.3 is 10.2 Å². The number of hydrogen-bond donors (Lipinski definition) is 2. The molecule has 5 rings (SSSR count). The predicted molar refractivity (Wildman–Crippen MR) is 129 cm³/mol. The molecule has 0 unspecified atom stereocenters. The van der Waals surface area contributed by atoms with Crippen LogP contribution in [0, 0.1) is 12.7 Å². The summed E-state index contributed by atoms with van der Waals surface area (Å²) < 4.78 is 15.3. The molecule has 4 aromatic rings. The van der Waals surface area contributed by atoms with Crippen LogP contribution in [0.2, 0.25) is 0 Å². The zero-order chi connectivity index (χ0) is 23.1. The van der Waals surface area contributed by atoms with Crippen molar-refractivity contribution >= 4 is 27.7 Å². The molecule has 0 aliphatic heterocycles. The lowest BCUT2D eigenvalue weighted by atomic mass is 9.85. The number of halogens is 1. The summed E-state index contributed by atoms with van der Waals surface area (Å²) in [7, 11) is 3.88. The SMILES string of the molecule is Cc1[nH]nc2ccc3nc(-c4ccc(C(=O)NCCN(C)C)cc4F)c4c(c3c12)CCCC4. The maximum atomic E-state index is 15.3. The van der Waals surface area contributed by atoms with Crippen LogP contribution in [0.15, 0.2) is 30.3 Å². The molecule has 6 nitrogen and oxygen atoms in total. The third-order valence-corrected chi connectivity index (χ3v) is 6.50. The fourth-order valence-corrected chi connectivity index (χ4v) is 4.85. The van der Waals surface area contributed by atoms with Gasteiger partial charge >= 0.3 is 0 Å². The number of amides is 1. The lowest BCUT2D eigenvalue weighted by Crippen LogP contribution is -2.31. The second-order valence-corrected chi connectivity index (χ2v) is 9.08. The second-order valence-electron chi connectivity index (χ2n) is 9.08. The fourth-order valence-electron chi connectivity index (χ4n) is 4.85. The van der Waals surface area contributed by atoms with E-state index in [0.717, 1.165) is 65.3 Å². The number of benzene rings is 2. The van der Waals surface area contributed by atoms with Crippen molar-refractivity contribution < 1.29 is 9.18 Å². The van der Waals surface area contributed by atoms with Gasteiger partial charge in [-0.2, -0.15) is 5.10 Å². The van der Waals surface area contributed by atoms with E-state index >= 15 is 4.39 Å². The Morgan fingerprint density at radius 3 is 2.61 bits per heavy atom. The summed E-state index contributed by atoms with van der Waals surface area (Å²) in [5, 5.41) is 12.6. The number of pyridine rings is 1. The van der Waals surface area contributed by atoms with Gasteiger partial charge in [-0.1, -0.05) is 0 Å². The summed E-state index contributed by atoms with van der Waals surface area (Å²) in [5.41, 5.74) is 6.63. The molecule has 0 spiro atoms. The highest BCUT2D eigenvalue weighted by Gasteiger charge is 2.23. The number of nitrogens with zero attached hydrogens (tertiary/aromatic N) is 3. The van der Waals surface area contributed by atoms with Crippen molar-refractivity contribution in [1.82, 2.24) is 25.4 Å². The monoisotopic (exact) mass is 445 g/mol. The molecule has 2 heterocycles. The van der Waals surface area contributed by atoms with Gasteiger partial charge in [0, 0.05) is 40.7 Å². The van der Waals surface area contributed by atoms with E-state index in [-0.39, 0.29) is 5.91 Å². The molecule has 2 aromatic carbocycles. The number of rotatable bonds is 5. The number of hydrogen-bond acceptors (Lipinski definition) is 4. The third kappa shape index (κ3) is 3.86. The lowest BCUT2D eigenvalue weighted by molar-refractivity contribution is 0.0950. The van der Waals surface area contributed by atoms with E-state index in [0.29, 0.717) is 23.4 Å². The first-order valence-electron chi connectivity index (χ1n) is 11.5. The van der Waals surface area contributed by atoms with Crippen LogP contribution in [-0.2, 0) is 12.8 Å². The minimum atomic E-state index is -0.421. The Labute approximate surface area is 192 Å². The molecule has 0 atom stereocenters. The van der Waals surface area contributed by atoms with Gasteiger partial charge in [-0.05, 0) is 88.2 Å². The molecule has 0 bridgehead atoms. The van der Waals surface area contributed by atoms with Gasteiger partial charge in [-0.25, -0.2) is 9.37 Å². The first-order chi connectivity index (χ1) is 15.9. The molecule has 1 aliphatic carbocycles. The Hall–Kier alpha value is -3.32. The molecule has 7 heteroatoms. The molecule has 0 radical (unpaired) electrons. The summed E-state index contributed by atoms with van der Waals surface area (Å²) in [4.78, 5) is 19.4. The maximum Gasteiger partial charge on any atom is 0.251 e. The van der Waals surface area contributed by atoms with Crippen LogP contribution < -0.4 is 5.32 Å².